The first-order chi connectivity index (χ1) is 3.92. The lowest BCUT2D eigenvalue weighted by Gasteiger charge is -2.06. The molecule has 0 spiro atoms. The minimum atomic E-state index is 0.528. The number of fused-ring (bicyclic) bond motifs is 1. The van der Waals surface area contributed by atoms with Crippen LogP contribution in [-0.2, 0) is 4.74 Å². The van der Waals surface area contributed by atoms with Crippen LogP contribution in [0.4, 0.5) is 0 Å². The third kappa shape index (κ3) is 0.501. The van der Waals surface area contributed by atoms with Crippen molar-refractivity contribution in [1.29, 1.82) is 0 Å². The molecule has 2 fully saturated rings. The molecule has 8 heavy (non-hydrogen) atoms. The Balaban J connectivity index is 1.97. The van der Waals surface area contributed by atoms with E-state index in [9.17, 15) is 0 Å². The van der Waals surface area contributed by atoms with Gasteiger partial charge >= 0.3 is 0 Å². The average molecular weight is 113 g/mol. The van der Waals surface area contributed by atoms with Crippen molar-refractivity contribution in [2.24, 2.45) is 5.92 Å². The van der Waals surface area contributed by atoms with E-state index in [1.807, 2.05) is 0 Å². The highest BCUT2D eigenvalue weighted by atomic mass is 16.5. The Morgan fingerprint density at radius 1 is 1.62 bits per heavy atom. The van der Waals surface area contributed by atoms with Gasteiger partial charge in [-0.05, 0) is 6.42 Å². The summed E-state index contributed by atoms with van der Waals surface area (Å²) in [6.45, 7) is 1.08. The molecule has 1 aliphatic carbocycles. The highest BCUT2D eigenvalue weighted by Gasteiger charge is 2.48. The van der Waals surface area contributed by atoms with Crippen LogP contribution in [0.25, 0.3) is 0 Å². The summed E-state index contributed by atoms with van der Waals surface area (Å²) in [6.07, 6.45) is 1.87. The van der Waals surface area contributed by atoms with E-state index in [1.54, 1.807) is 7.11 Å². The highest BCUT2D eigenvalue weighted by molar-refractivity contribution is 5.04. The Labute approximate surface area is 49.2 Å². The largest absolute Gasteiger partial charge is 0.380 e. The number of piperidine rings is 1. The summed E-state index contributed by atoms with van der Waals surface area (Å²) in [5.41, 5.74) is 0. The van der Waals surface area contributed by atoms with Crippen LogP contribution in [-0.4, -0.2) is 25.8 Å². The van der Waals surface area contributed by atoms with E-state index < -0.39 is 0 Å². The molecule has 0 radical (unpaired) electrons. The summed E-state index contributed by atoms with van der Waals surface area (Å²) >= 11 is 0. The van der Waals surface area contributed by atoms with E-state index in [-0.39, 0.29) is 0 Å². The number of hydrogen-bond acceptors (Lipinski definition) is 2. The number of nitrogens with one attached hydrogen (secondary N) is 1. The molecule has 1 heterocycles. The second-order valence-corrected chi connectivity index (χ2v) is 2.69. The molecule has 0 aromatic heterocycles. The van der Waals surface area contributed by atoms with Crippen LogP contribution < -0.4 is 5.32 Å². The van der Waals surface area contributed by atoms with Gasteiger partial charge in [0.25, 0.3) is 0 Å². The quantitative estimate of drug-likeness (QED) is 0.516. The van der Waals surface area contributed by atoms with Crippen molar-refractivity contribution < 1.29 is 4.74 Å². The molecule has 0 bridgehead atoms. The Kier molecular flexibility index (Phi) is 0.866. The van der Waals surface area contributed by atoms with Crippen molar-refractivity contribution in [2.75, 3.05) is 13.7 Å². The topological polar surface area (TPSA) is 21.3 Å². The molecule has 0 aromatic carbocycles. The van der Waals surface area contributed by atoms with Crippen molar-refractivity contribution in [2.45, 2.75) is 18.6 Å². The maximum absolute atomic E-state index is 5.20. The molecule has 2 aliphatic rings. The zero-order valence-electron chi connectivity index (χ0n) is 5.05. The van der Waals surface area contributed by atoms with E-state index in [4.69, 9.17) is 4.74 Å². The van der Waals surface area contributed by atoms with E-state index >= 15 is 0 Å². The predicted molar refractivity (Wildman–Crippen MR) is 30.7 cm³/mol. The van der Waals surface area contributed by atoms with E-state index in [2.05, 4.69) is 5.32 Å². The molecule has 1 saturated carbocycles. The summed E-state index contributed by atoms with van der Waals surface area (Å²) in [6, 6.07) is 0.819. The van der Waals surface area contributed by atoms with Crippen LogP contribution in [0.3, 0.4) is 0 Å². The fourth-order valence-corrected chi connectivity index (χ4v) is 1.54. The zero-order chi connectivity index (χ0) is 5.56. The molecule has 0 amide bonds. The fourth-order valence-electron chi connectivity index (χ4n) is 1.54. The van der Waals surface area contributed by atoms with E-state index in [0.29, 0.717) is 6.10 Å². The first kappa shape index (κ1) is 4.77. The minimum Gasteiger partial charge on any atom is -0.380 e. The summed E-state index contributed by atoms with van der Waals surface area (Å²) in [5.74, 6) is 0.861. The van der Waals surface area contributed by atoms with Gasteiger partial charge in [-0.25, -0.2) is 0 Å². The molecule has 2 nitrogen and oxygen atoms in total. The van der Waals surface area contributed by atoms with Crippen molar-refractivity contribution >= 4 is 0 Å². The maximum Gasteiger partial charge on any atom is 0.0739 e. The summed E-state index contributed by atoms with van der Waals surface area (Å²) in [4.78, 5) is 0. The minimum absolute atomic E-state index is 0.528. The van der Waals surface area contributed by atoms with Gasteiger partial charge in [0.15, 0.2) is 0 Å². The predicted octanol–water partition coefficient (Wildman–Crippen LogP) is -0.00690. The van der Waals surface area contributed by atoms with Gasteiger partial charge in [0, 0.05) is 25.6 Å². The van der Waals surface area contributed by atoms with Gasteiger partial charge in [-0.3, -0.25) is 0 Å². The molecule has 1 N–H and O–H groups in total. The van der Waals surface area contributed by atoms with Gasteiger partial charge in [-0.2, -0.15) is 0 Å². The molecule has 3 unspecified atom stereocenters. The molecule has 1 saturated heterocycles. The monoisotopic (exact) mass is 113 g/mol. The lowest BCUT2D eigenvalue weighted by molar-refractivity contribution is 0.101. The standard InChI is InChI=1S/C6H11NO/c1-8-6-3-7-5-2-4(5)6/h4-7H,2-3H2,1H3. The first-order valence-electron chi connectivity index (χ1n) is 3.18. The Bertz CT molecular complexity index is 105. The Morgan fingerprint density at radius 2 is 2.50 bits per heavy atom. The zero-order valence-corrected chi connectivity index (χ0v) is 5.05. The molecule has 2 heteroatoms. The molecule has 3 atom stereocenters. The lowest BCUT2D eigenvalue weighted by atomic mass is 10.3. The third-order valence-electron chi connectivity index (χ3n) is 2.20. The SMILES string of the molecule is COC1CNC2CC21. The van der Waals surface area contributed by atoms with Gasteiger partial charge in [0.05, 0.1) is 6.10 Å². The number of ether oxygens (including phenoxy) is 1. The van der Waals surface area contributed by atoms with E-state index in [0.717, 1.165) is 18.5 Å². The number of rotatable bonds is 1. The van der Waals surface area contributed by atoms with Crippen LogP contribution in [0.5, 0.6) is 0 Å². The van der Waals surface area contributed by atoms with E-state index in [1.165, 1.54) is 6.42 Å². The normalized spacial score (nSPS) is 51.4. The smallest absolute Gasteiger partial charge is 0.0739 e. The molecular weight excluding hydrogens is 102 g/mol. The van der Waals surface area contributed by atoms with Crippen LogP contribution in [0.15, 0.2) is 0 Å². The highest BCUT2D eigenvalue weighted by Crippen LogP contribution is 2.39. The number of methoxy groups -OCH3 is 1. The molecule has 46 valence electrons. The van der Waals surface area contributed by atoms with Crippen molar-refractivity contribution in [3.05, 3.63) is 0 Å². The van der Waals surface area contributed by atoms with Crippen molar-refractivity contribution in [3.63, 3.8) is 0 Å². The van der Waals surface area contributed by atoms with Crippen molar-refractivity contribution in [3.8, 4) is 0 Å². The molecular formula is C6H11NO. The first-order valence-corrected chi connectivity index (χ1v) is 3.18. The van der Waals surface area contributed by atoms with Gasteiger partial charge in [0.1, 0.15) is 0 Å². The van der Waals surface area contributed by atoms with Gasteiger partial charge < -0.3 is 10.1 Å². The summed E-state index contributed by atoms with van der Waals surface area (Å²) < 4.78 is 5.20. The fraction of sp³-hybridized carbons (Fsp3) is 1.00. The third-order valence-corrected chi connectivity index (χ3v) is 2.20. The van der Waals surface area contributed by atoms with Crippen LogP contribution in [0.2, 0.25) is 0 Å². The van der Waals surface area contributed by atoms with Gasteiger partial charge in [-0.1, -0.05) is 0 Å². The number of hydrogen-bond donors (Lipinski definition) is 1. The van der Waals surface area contributed by atoms with Crippen LogP contribution >= 0.6 is 0 Å². The second kappa shape index (κ2) is 1.45. The second-order valence-electron chi connectivity index (χ2n) is 2.69. The van der Waals surface area contributed by atoms with Crippen LogP contribution in [0.1, 0.15) is 6.42 Å². The maximum atomic E-state index is 5.20. The summed E-state index contributed by atoms with van der Waals surface area (Å²) in [7, 11) is 1.80. The average Bonchev–Trinajstić information content (AvgIpc) is 2.46. The lowest BCUT2D eigenvalue weighted by Crippen LogP contribution is -2.21. The Hall–Kier alpha value is -0.0800. The van der Waals surface area contributed by atoms with Gasteiger partial charge in [-0.15, -0.1) is 0 Å². The Morgan fingerprint density at radius 3 is 2.75 bits per heavy atom. The molecule has 1 aliphatic heterocycles. The summed E-state index contributed by atoms with van der Waals surface area (Å²) in [5, 5.41) is 3.37. The van der Waals surface area contributed by atoms with Gasteiger partial charge in [0.2, 0.25) is 0 Å². The van der Waals surface area contributed by atoms with Crippen LogP contribution in [0, 0.1) is 5.92 Å². The molecule has 0 aromatic rings. The van der Waals surface area contributed by atoms with Crippen molar-refractivity contribution in [1.82, 2.24) is 5.32 Å². The molecule has 2 rings (SSSR count).